The van der Waals surface area contributed by atoms with Crippen molar-refractivity contribution in [2.45, 2.75) is 37.8 Å². The van der Waals surface area contributed by atoms with E-state index in [9.17, 15) is 4.79 Å². The smallest absolute Gasteiger partial charge is 0.407 e. The normalized spacial score (nSPS) is 23.5. The number of nitrogens with one attached hydrogen (secondary N) is 3. The predicted octanol–water partition coefficient (Wildman–Crippen LogP) is 2.70. The van der Waals surface area contributed by atoms with Gasteiger partial charge in [-0.3, -0.25) is 15.4 Å². The Morgan fingerprint density at radius 1 is 1.03 bits per heavy atom. The number of aromatic nitrogens is 2. The van der Waals surface area contributed by atoms with Crippen LogP contribution >= 0.6 is 0 Å². The van der Waals surface area contributed by atoms with E-state index >= 15 is 0 Å². The molecule has 162 valence electrons. The van der Waals surface area contributed by atoms with Gasteiger partial charge in [0.25, 0.3) is 0 Å². The monoisotopic (exact) mass is 420 g/mol. The van der Waals surface area contributed by atoms with E-state index in [2.05, 4.69) is 26.0 Å². The van der Waals surface area contributed by atoms with Gasteiger partial charge >= 0.3 is 6.09 Å². The number of pyridine rings is 2. The highest BCUT2D eigenvalue weighted by Crippen LogP contribution is 2.36. The highest BCUT2D eigenvalue weighted by atomic mass is 16.5. The Balaban J connectivity index is 1.71. The molecule has 0 radical (unpaired) electrons. The number of ether oxygens (including phenoxy) is 1. The topological polar surface area (TPSA) is 101 Å². The second-order valence-electron chi connectivity index (χ2n) is 7.75. The number of hydrogen-bond donors (Lipinski definition) is 3. The summed E-state index contributed by atoms with van der Waals surface area (Å²) in [7, 11) is 3.33. The summed E-state index contributed by atoms with van der Waals surface area (Å²) in [5.74, 6) is 0.0907. The second-order valence-corrected chi connectivity index (χ2v) is 7.75. The predicted molar refractivity (Wildman–Crippen MR) is 119 cm³/mol. The Labute approximate surface area is 182 Å². The van der Waals surface area contributed by atoms with Crippen LogP contribution in [-0.4, -0.2) is 48.0 Å². The Morgan fingerprint density at radius 2 is 1.77 bits per heavy atom. The molecular formula is C23H28N6O2. The number of amides is 1. The first kappa shape index (κ1) is 21.0. The number of nitrogens with zero attached hydrogens (tertiary/aromatic N) is 3. The molecule has 3 heterocycles. The van der Waals surface area contributed by atoms with Crippen LogP contribution in [0, 0.1) is 5.92 Å². The van der Waals surface area contributed by atoms with Crippen molar-refractivity contribution >= 4 is 17.5 Å². The van der Waals surface area contributed by atoms with Crippen LogP contribution in [0.4, 0.5) is 4.79 Å². The Morgan fingerprint density at radius 3 is 2.42 bits per heavy atom. The lowest BCUT2D eigenvalue weighted by Crippen LogP contribution is -2.50. The van der Waals surface area contributed by atoms with Gasteiger partial charge in [-0.2, -0.15) is 5.10 Å². The van der Waals surface area contributed by atoms with E-state index < -0.39 is 6.09 Å². The molecule has 0 spiro atoms. The molecule has 0 bridgehead atoms. The molecule has 0 aromatic carbocycles. The number of likely N-dealkylation sites (N-methyl/N-ethyl adjacent to an activating group) is 1. The highest BCUT2D eigenvalue weighted by Gasteiger charge is 2.35. The van der Waals surface area contributed by atoms with E-state index in [1.807, 2.05) is 43.4 Å². The minimum atomic E-state index is -0.403. The lowest BCUT2D eigenvalue weighted by Gasteiger charge is -2.36. The van der Waals surface area contributed by atoms with Crippen molar-refractivity contribution in [3.8, 4) is 0 Å². The van der Waals surface area contributed by atoms with Gasteiger partial charge < -0.3 is 15.4 Å². The van der Waals surface area contributed by atoms with E-state index in [0.717, 1.165) is 48.5 Å². The fraction of sp³-hybridized carbons (Fsp3) is 0.391. The first-order valence-electron chi connectivity index (χ1n) is 10.6. The van der Waals surface area contributed by atoms with Gasteiger partial charge in [0.15, 0.2) is 0 Å². The van der Waals surface area contributed by atoms with Crippen LogP contribution in [-0.2, 0) is 4.74 Å². The third kappa shape index (κ3) is 4.59. The van der Waals surface area contributed by atoms with Crippen LogP contribution in [0.3, 0.4) is 0 Å². The van der Waals surface area contributed by atoms with E-state index in [1.165, 1.54) is 12.7 Å². The van der Waals surface area contributed by atoms with Crippen molar-refractivity contribution in [2.75, 3.05) is 14.2 Å². The second kappa shape index (κ2) is 9.70. The molecule has 1 amide bonds. The van der Waals surface area contributed by atoms with Gasteiger partial charge in [0, 0.05) is 30.4 Å². The van der Waals surface area contributed by atoms with E-state index in [1.54, 1.807) is 12.4 Å². The van der Waals surface area contributed by atoms with Crippen molar-refractivity contribution in [3.63, 3.8) is 0 Å². The Bertz CT molecular complexity index is 961. The molecule has 2 aliphatic rings. The third-order valence-electron chi connectivity index (χ3n) is 6.04. The van der Waals surface area contributed by atoms with Gasteiger partial charge in [-0.15, -0.1) is 0 Å². The lowest BCUT2D eigenvalue weighted by molar-refractivity contribution is 0.161. The van der Waals surface area contributed by atoms with Crippen LogP contribution in [0.1, 0.15) is 37.1 Å². The molecule has 31 heavy (non-hydrogen) atoms. The summed E-state index contributed by atoms with van der Waals surface area (Å²) in [4.78, 5) is 21.0. The number of fused-ring (bicyclic) bond motifs is 1. The first-order chi connectivity index (χ1) is 15.2. The SMILES string of the molecule is CNC1CCC2=C(c3ccccn3)NN=C(c3ccccn3)C2CC[C@@H]1NC(=O)OC. The van der Waals surface area contributed by atoms with Crippen LogP contribution < -0.4 is 16.1 Å². The summed E-state index contributed by atoms with van der Waals surface area (Å²) < 4.78 is 4.85. The number of alkyl carbamates (subject to hydrolysis) is 1. The summed E-state index contributed by atoms with van der Waals surface area (Å²) >= 11 is 0. The zero-order chi connectivity index (χ0) is 21.6. The number of hydrogen-bond acceptors (Lipinski definition) is 7. The maximum atomic E-state index is 11.9. The van der Waals surface area contributed by atoms with E-state index in [0.29, 0.717) is 0 Å². The number of allylic oxidation sites excluding steroid dienone is 1. The average molecular weight is 421 g/mol. The number of carbonyl (C=O) groups is 1. The molecule has 0 saturated heterocycles. The van der Waals surface area contributed by atoms with Crippen LogP contribution in [0.15, 0.2) is 59.5 Å². The molecule has 8 nitrogen and oxygen atoms in total. The van der Waals surface area contributed by atoms with Gasteiger partial charge in [0.1, 0.15) is 0 Å². The van der Waals surface area contributed by atoms with Gasteiger partial charge in [-0.25, -0.2) is 4.79 Å². The fourth-order valence-corrected chi connectivity index (χ4v) is 4.49. The maximum Gasteiger partial charge on any atom is 0.407 e. The Kier molecular flexibility index (Phi) is 6.57. The van der Waals surface area contributed by atoms with Gasteiger partial charge in [0.05, 0.1) is 29.9 Å². The number of carbonyl (C=O) groups excluding carboxylic acids is 1. The molecule has 1 aliphatic heterocycles. The molecule has 3 N–H and O–H groups in total. The summed E-state index contributed by atoms with van der Waals surface area (Å²) in [6.45, 7) is 0. The minimum Gasteiger partial charge on any atom is -0.453 e. The molecule has 8 heteroatoms. The van der Waals surface area contributed by atoms with Gasteiger partial charge in [-0.05, 0) is 62.6 Å². The summed E-state index contributed by atoms with van der Waals surface area (Å²) in [6, 6.07) is 11.9. The lowest BCUT2D eigenvalue weighted by atomic mass is 9.77. The van der Waals surface area contributed by atoms with Crippen LogP contribution in [0.5, 0.6) is 0 Å². The van der Waals surface area contributed by atoms with E-state index in [-0.39, 0.29) is 18.0 Å². The quantitative estimate of drug-likeness (QED) is 0.703. The fourth-order valence-electron chi connectivity index (χ4n) is 4.49. The van der Waals surface area contributed by atoms with Crippen LogP contribution in [0.2, 0.25) is 0 Å². The number of hydrazone groups is 1. The molecule has 4 rings (SSSR count). The third-order valence-corrected chi connectivity index (χ3v) is 6.04. The van der Waals surface area contributed by atoms with Gasteiger partial charge in [0.2, 0.25) is 0 Å². The van der Waals surface area contributed by atoms with Crippen molar-refractivity contribution < 1.29 is 9.53 Å². The van der Waals surface area contributed by atoms with E-state index in [4.69, 9.17) is 9.84 Å². The zero-order valence-electron chi connectivity index (χ0n) is 17.8. The molecular weight excluding hydrogens is 392 g/mol. The van der Waals surface area contributed by atoms with Crippen molar-refractivity contribution in [1.82, 2.24) is 26.0 Å². The molecule has 1 fully saturated rings. The zero-order valence-corrected chi connectivity index (χ0v) is 17.8. The molecule has 1 aliphatic carbocycles. The standard InChI is InChI=1S/C23H28N6O2/c1-24-17-11-9-15-16(10-12-18(17)27-23(30)31-2)22(20-8-4-6-14-26-20)29-28-21(15)19-7-3-5-13-25-19/h3-8,13-14,16-18,24,28H,9-12H2,1-2H3,(H,27,30)/t16?,17?,18-/m0/s1. The summed E-state index contributed by atoms with van der Waals surface area (Å²) in [5, 5.41) is 11.1. The average Bonchev–Trinajstić information content (AvgIpc) is 2.82. The summed E-state index contributed by atoms with van der Waals surface area (Å²) in [6.07, 6.45) is 6.51. The molecule has 1 saturated carbocycles. The number of methoxy groups -OCH3 is 1. The largest absolute Gasteiger partial charge is 0.453 e. The summed E-state index contributed by atoms with van der Waals surface area (Å²) in [5.41, 5.74) is 8.20. The maximum absolute atomic E-state index is 11.9. The minimum absolute atomic E-state index is 0.0304. The first-order valence-corrected chi connectivity index (χ1v) is 10.6. The van der Waals surface area contributed by atoms with Crippen molar-refractivity contribution in [1.29, 1.82) is 0 Å². The molecule has 2 aromatic rings. The molecule has 2 unspecified atom stereocenters. The number of rotatable bonds is 4. The van der Waals surface area contributed by atoms with Crippen LogP contribution in [0.25, 0.3) is 5.70 Å². The molecule has 2 aromatic heterocycles. The van der Waals surface area contributed by atoms with Crippen molar-refractivity contribution in [3.05, 3.63) is 65.8 Å². The van der Waals surface area contributed by atoms with Gasteiger partial charge in [-0.1, -0.05) is 12.1 Å². The molecule has 3 atom stereocenters. The highest BCUT2D eigenvalue weighted by molar-refractivity contribution is 6.04. The van der Waals surface area contributed by atoms with Crippen molar-refractivity contribution in [2.24, 2.45) is 11.0 Å². The Hall–Kier alpha value is -3.26.